The van der Waals surface area contributed by atoms with E-state index in [2.05, 4.69) is 22.3 Å². The van der Waals surface area contributed by atoms with Gasteiger partial charge in [0.2, 0.25) is 5.91 Å². The van der Waals surface area contributed by atoms with E-state index in [1.807, 2.05) is 26.0 Å². The van der Waals surface area contributed by atoms with E-state index < -0.39 is 0 Å². The number of piperidine rings is 1. The second-order valence-corrected chi connectivity index (χ2v) is 9.13. The number of hydrogen-bond acceptors (Lipinski definition) is 3. The van der Waals surface area contributed by atoms with Crippen LogP contribution in [0, 0.1) is 11.7 Å². The fourth-order valence-corrected chi connectivity index (χ4v) is 4.25. The Balaban J connectivity index is 1.35. The smallest absolute Gasteiger partial charge is 0.226 e. The van der Waals surface area contributed by atoms with Crippen LogP contribution in [0.2, 0.25) is 0 Å². The molecule has 0 aromatic heterocycles. The Hall–Kier alpha value is -2.53. The molecule has 1 N–H and O–H groups in total. The summed E-state index contributed by atoms with van der Waals surface area (Å²) in [6.07, 6.45) is 5.67. The molecule has 0 spiro atoms. The summed E-state index contributed by atoms with van der Waals surface area (Å²) < 4.78 is 13.2. The van der Waals surface area contributed by atoms with E-state index in [9.17, 15) is 14.0 Å². The molecule has 32 heavy (non-hydrogen) atoms. The highest BCUT2D eigenvalue weighted by atomic mass is 19.1. The van der Waals surface area contributed by atoms with Crippen molar-refractivity contribution in [1.82, 2.24) is 4.90 Å². The number of unbranched alkanes of at least 4 members (excludes halogenated alkanes) is 2. The van der Waals surface area contributed by atoms with Crippen LogP contribution in [-0.2, 0) is 4.79 Å². The fraction of sp³-hybridized carbons (Fsp3) is 0.481. The van der Waals surface area contributed by atoms with Crippen LogP contribution < -0.4 is 5.32 Å². The molecule has 0 aliphatic carbocycles. The van der Waals surface area contributed by atoms with Gasteiger partial charge < -0.3 is 10.2 Å². The van der Waals surface area contributed by atoms with Gasteiger partial charge in [0, 0.05) is 23.6 Å². The maximum Gasteiger partial charge on any atom is 0.226 e. The first-order valence-electron chi connectivity index (χ1n) is 11.8. The first-order chi connectivity index (χ1) is 15.4. The topological polar surface area (TPSA) is 49.4 Å². The normalized spacial score (nSPS) is 15.1. The number of amides is 1. The van der Waals surface area contributed by atoms with Crippen LogP contribution in [0.25, 0.3) is 0 Å². The van der Waals surface area contributed by atoms with Crippen molar-refractivity contribution in [2.24, 2.45) is 5.92 Å². The molecule has 1 saturated heterocycles. The molecule has 4 nitrogen and oxygen atoms in total. The summed E-state index contributed by atoms with van der Waals surface area (Å²) in [6, 6.07) is 14.2. The van der Waals surface area contributed by atoms with Crippen LogP contribution in [0.15, 0.2) is 48.5 Å². The lowest BCUT2D eigenvalue weighted by Gasteiger charge is -2.32. The number of likely N-dealkylation sites (tertiary alicyclic amines) is 1. The molecule has 0 unspecified atom stereocenters. The van der Waals surface area contributed by atoms with E-state index in [0.717, 1.165) is 57.4 Å². The van der Waals surface area contributed by atoms with Gasteiger partial charge in [-0.2, -0.15) is 0 Å². The minimum Gasteiger partial charge on any atom is -0.326 e. The van der Waals surface area contributed by atoms with Gasteiger partial charge in [0.05, 0.1) is 0 Å². The Bertz CT molecular complexity index is 904. The number of Topliss-reactive ketones (excluding diaryl/α,β-unsaturated/α-hetero) is 1. The molecule has 1 heterocycles. The fourth-order valence-electron chi connectivity index (χ4n) is 4.25. The third-order valence-corrected chi connectivity index (χ3v) is 6.26. The van der Waals surface area contributed by atoms with Crippen molar-refractivity contribution in [1.29, 1.82) is 0 Å². The Kier molecular flexibility index (Phi) is 8.98. The zero-order chi connectivity index (χ0) is 22.9. The van der Waals surface area contributed by atoms with Crippen LogP contribution >= 0.6 is 0 Å². The Morgan fingerprint density at radius 3 is 2.50 bits per heavy atom. The average molecular weight is 439 g/mol. The first-order valence-corrected chi connectivity index (χ1v) is 11.8. The molecule has 0 atom stereocenters. The second kappa shape index (κ2) is 11.9. The summed E-state index contributed by atoms with van der Waals surface area (Å²) in [6.45, 7) is 7.02. The van der Waals surface area contributed by atoms with Gasteiger partial charge in [-0.3, -0.25) is 9.59 Å². The molecule has 5 heteroatoms. The van der Waals surface area contributed by atoms with Gasteiger partial charge in [-0.15, -0.1) is 0 Å². The summed E-state index contributed by atoms with van der Waals surface area (Å²) >= 11 is 0. The molecule has 0 bridgehead atoms. The highest BCUT2D eigenvalue weighted by Gasteiger charge is 2.20. The summed E-state index contributed by atoms with van der Waals surface area (Å²) in [5.74, 6) is 0.227. The largest absolute Gasteiger partial charge is 0.326 e. The summed E-state index contributed by atoms with van der Waals surface area (Å²) in [4.78, 5) is 26.6. The first kappa shape index (κ1) is 24.1. The van der Waals surface area contributed by atoms with Crippen molar-refractivity contribution in [3.05, 3.63) is 65.5 Å². The third kappa shape index (κ3) is 7.27. The molecule has 1 fully saturated rings. The third-order valence-electron chi connectivity index (χ3n) is 6.26. The van der Waals surface area contributed by atoms with Crippen molar-refractivity contribution in [3.63, 3.8) is 0 Å². The lowest BCUT2D eigenvalue weighted by atomic mass is 9.89. The molecular formula is C27H35FN2O2. The second-order valence-electron chi connectivity index (χ2n) is 9.13. The minimum absolute atomic E-state index is 0.0251. The Morgan fingerprint density at radius 2 is 1.78 bits per heavy atom. The van der Waals surface area contributed by atoms with Crippen LogP contribution in [0.1, 0.15) is 74.2 Å². The number of anilines is 1. The van der Waals surface area contributed by atoms with Gasteiger partial charge in [0.1, 0.15) is 5.82 Å². The van der Waals surface area contributed by atoms with Gasteiger partial charge in [-0.25, -0.2) is 4.39 Å². The number of carbonyl (C=O) groups excluding carboxylic acids is 2. The van der Waals surface area contributed by atoms with E-state index in [4.69, 9.17) is 0 Å². The maximum absolute atomic E-state index is 13.2. The monoisotopic (exact) mass is 438 g/mol. The van der Waals surface area contributed by atoms with Gasteiger partial charge in [0.25, 0.3) is 0 Å². The summed E-state index contributed by atoms with van der Waals surface area (Å²) in [7, 11) is 0. The van der Waals surface area contributed by atoms with Gasteiger partial charge >= 0.3 is 0 Å². The number of nitrogens with one attached hydrogen (secondary N) is 1. The van der Waals surface area contributed by atoms with Crippen molar-refractivity contribution in [2.45, 2.75) is 58.3 Å². The summed E-state index contributed by atoms with van der Waals surface area (Å²) in [5.41, 5.74) is 2.67. The predicted molar refractivity (Wildman–Crippen MR) is 128 cm³/mol. The van der Waals surface area contributed by atoms with E-state index >= 15 is 0 Å². The lowest BCUT2D eigenvalue weighted by molar-refractivity contribution is -0.118. The standard InChI is InChI=1S/C27H35FN2O2/c1-20(2)27(32)29-25-11-7-8-22(19-25)21-13-16-30(17-14-21)15-5-3-4-12-26(31)23-9-6-10-24(28)18-23/h6-11,18-21H,3-5,12-17H2,1-2H3,(H,29,32). The molecule has 3 rings (SSSR count). The zero-order valence-electron chi connectivity index (χ0n) is 19.3. The van der Waals surface area contributed by atoms with E-state index in [0.29, 0.717) is 17.9 Å². The van der Waals surface area contributed by atoms with Gasteiger partial charge in [0.15, 0.2) is 5.78 Å². The molecular weight excluding hydrogens is 403 g/mol. The number of halogens is 1. The van der Waals surface area contributed by atoms with Crippen LogP contribution in [0.4, 0.5) is 10.1 Å². The number of carbonyl (C=O) groups is 2. The number of rotatable bonds is 10. The average Bonchev–Trinajstić information content (AvgIpc) is 2.79. The molecule has 2 aromatic carbocycles. The quantitative estimate of drug-likeness (QED) is 0.363. The highest BCUT2D eigenvalue weighted by Crippen LogP contribution is 2.29. The van der Waals surface area contributed by atoms with Gasteiger partial charge in [-0.05, 0) is 81.1 Å². The lowest BCUT2D eigenvalue weighted by Crippen LogP contribution is -2.33. The molecule has 0 radical (unpaired) electrons. The number of benzene rings is 2. The van der Waals surface area contributed by atoms with Crippen molar-refractivity contribution < 1.29 is 14.0 Å². The molecule has 1 aliphatic heterocycles. The summed E-state index contributed by atoms with van der Waals surface area (Å²) in [5, 5.41) is 3.00. The number of ketones is 1. The van der Waals surface area contributed by atoms with E-state index in [1.165, 1.54) is 17.7 Å². The zero-order valence-corrected chi connectivity index (χ0v) is 19.3. The molecule has 1 aliphatic rings. The maximum atomic E-state index is 13.2. The van der Waals surface area contributed by atoms with Crippen molar-refractivity contribution in [3.8, 4) is 0 Å². The molecule has 2 aromatic rings. The Labute approximate surface area is 191 Å². The van der Waals surface area contributed by atoms with Crippen LogP contribution in [0.3, 0.4) is 0 Å². The molecule has 0 saturated carbocycles. The van der Waals surface area contributed by atoms with Crippen LogP contribution in [-0.4, -0.2) is 36.2 Å². The van der Waals surface area contributed by atoms with Crippen molar-refractivity contribution in [2.75, 3.05) is 25.0 Å². The van der Waals surface area contributed by atoms with Crippen molar-refractivity contribution >= 4 is 17.4 Å². The van der Waals surface area contributed by atoms with Crippen LogP contribution in [0.5, 0.6) is 0 Å². The predicted octanol–water partition coefficient (Wildman–Crippen LogP) is 6.04. The Morgan fingerprint density at radius 1 is 1.03 bits per heavy atom. The SMILES string of the molecule is CC(C)C(=O)Nc1cccc(C2CCN(CCCCCC(=O)c3cccc(F)c3)CC2)c1. The highest BCUT2D eigenvalue weighted by molar-refractivity contribution is 5.96. The van der Waals surface area contributed by atoms with Gasteiger partial charge in [-0.1, -0.05) is 44.5 Å². The molecule has 172 valence electrons. The number of hydrogen-bond donors (Lipinski definition) is 1. The minimum atomic E-state index is -0.355. The molecule has 1 amide bonds. The number of nitrogens with zero attached hydrogens (tertiary/aromatic N) is 1. The van der Waals surface area contributed by atoms with E-state index in [1.54, 1.807) is 12.1 Å². The van der Waals surface area contributed by atoms with E-state index in [-0.39, 0.29) is 23.4 Å².